The van der Waals surface area contributed by atoms with Gasteiger partial charge >= 0.3 is 5.97 Å². The summed E-state index contributed by atoms with van der Waals surface area (Å²) in [4.78, 5) is 17.0. The highest BCUT2D eigenvalue weighted by atomic mass is 79.9. The van der Waals surface area contributed by atoms with Crippen molar-refractivity contribution >= 4 is 32.9 Å². The normalized spacial score (nSPS) is 18.5. The number of methoxy groups -OCH3 is 1. The van der Waals surface area contributed by atoms with Gasteiger partial charge in [0.1, 0.15) is 5.82 Å². The van der Waals surface area contributed by atoms with Crippen molar-refractivity contribution in [2.75, 3.05) is 20.3 Å². The summed E-state index contributed by atoms with van der Waals surface area (Å²) in [6.45, 7) is 5.76. The van der Waals surface area contributed by atoms with E-state index in [0.717, 1.165) is 21.3 Å². The fraction of sp³-hybridized carbons (Fsp3) is 0.364. The Balaban J connectivity index is 1.86. The fourth-order valence-electron chi connectivity index (χ4n) is 3.82. The molecule has 0 unspecified atom stereocenters. The second-order valence-corrected chi connectivity index (χ2v) is 8.83. The predicted octanol–water partition coefficient (Wildman–Crippen LogP) is 4.77. The van der Waals surface area contributed by atoms with Gasteiger partial charge in [0.05, 0.1) is 43.0 Å². The third-order valence-electron chi connectivity index (χ3n) is 5.42. The molecular formula is C22H23BrN2O3. The number of rotatable bonds is 4. The molecule has 1 saturated heterocycles. The molecule has 0 radical (unpaired) electrons. The molecular weight excluding hydrogens is 420 g/mol. The van der Waals surface area contributed by atoms with E-state index in [4.69, 9.17) is 14.5 Å². The minimum atomic E-state index is -0.342. The van der Waals surface area contributed by atoms with Crippen molar-refractivity contribution in [2.45, 2.75) is 26.3 Å². The molecule has 1 aliphatic rings. The summed E-state index contributed by atoms with van der Waals surface area (Å²) in [7, 11) is 1.40. The van der Waals surface area contributed by atoms with E-state index in [2.05, 4.69) is 46.5 Å². The van der Waals surface area contributed by atoms with Crippen LogP contribution in [0.15, 0.2) is 46.9 Å². The van der Waals surface area contributed by atoms with Crippen LogP contribution in [0.1, 0.15) is 41.6 Å². The van der Waals surface area contributed by atoms with Gasteiger partial charge in [-0.25, -0.2) is 9.78 Å². The van der Waals surface area contributed by atoms with Gasteiger partial charge in [-0.2, -0.15) is 0 Å². The maximum atomic E-state index is 12.1. The van der Waals surface area contributed by atoms with Crippen molar-refractivity contribution in [1.82, 2.24) is 9.55 Å². The number of nitrogens with zero attached hydrogens (tertiary/aromatic N) is 2. The standard InChI is InChI=1S/C22H23BrN2O3/c1-22(2)13-28-12-19(22)25-18-11-15(21(26)27-3)6-9-17(18)24-20(25)10-14-4-7-16(23)8-5-14/h4-9,11,19H,10,12-13H2,1-3H3/t19-/m1/s1. The Bertz CT molecular complexity index is 1020. The van der Waals surface area contributed by atoms with Crippen LogP contribution in [0, 0.1) is 5.41 Å². The number of hydrogen-bond acceptors (Lipinski definition) is 4. The van der Waals surface area contributed by atoms with E-state index < -0.39 is 0 Å². The first kappa shape index (κ1) is 19.2. The third-order valence-corrected chi connectivity index (χ3v) is 5.95. The van der Waals surface area contributed by atoms with E-state index in [9.17, 15) is 4.79 Å². The minimum absolute atomic E-state index is 0.0244. The molecule has 6 heteroatoms. The van der Waals surface area contributed by atoms with E-state index in [1.807, 2.05) is 24.3 Å². The number of aromatic nitrogens is 2. The van der Waals surface area contributed by atoms with Crippen molar-refractivity contribution in [2.24, 2.45) is 5.41 Å². The molecule has 0 N–H and O–H groups in total. The Hall–Kier alpha value is -2.18. The zero-order valence-corrected chi connectivity index (χ0v) is 17.8. The highest BCUT2D eigenvalue weighted by Crippen LogP contribution is 2.40. The summed E-state index contributed by atoms with van der Waals surface area (Å²) < 4.78 is 14.0. The minimum Gasteiger partial charge on any atom is -0.465 e. The summed E-state index contributed by atoms with van der Waals surface area (Å²) in [5, 5.41) is 0. The number of esters is 1. The first-order valence-corrected chi connectivity index (χ1v) is 10.1. The molecule has 0 aliphatic carbocycles. The molecule has 1 atom stereocenters. The Labute approximate surface area is 172 Å². The van der Waals surface area contributed by atoms with Crippen molar-refractivity contribution < 1.29 is 14.3 Å². The first-order valence-electron chi connectivity index (χ1n) is 9.30. The second-order valence-electron chi connectivity index (χ2n) is 7.92. The molecule has 1 aliphatic heterocycles. The van der Waals surface area contributed by atoms with Crippen molar-refractivity contribution in [1.29, 1.82) is 0 Å². The van der Waals surface area contributed by atoms with Gasteiger partial charge in [0, 0.05) is 16.3 Å². The van der Waals surface area contributed by atoms with Crippen molar-refractivity contribution in [3.8, 4) is 0 Å². The van der Waals surface area contributed by atoms with Crippen molar-refractivity contribution in [3.05, 3.63) is 63.9 Å². The van der Waals surface area contributed by atoms with Crippen LogP contribution in [0.2, 0.25) is 0 Å². The number of fused-ring (bicyclic) bond motifs is 1. The lowest BCUT2D eigenvalue weighted by Gasteiger charge is -2.28. The molecule has 5 nitrogen and oxygen atoms in total. The Morgan fingerprint density at radius 1 is 1.29 bits per heavy atom. The van der Waals surface area contributed by atoms with E-state index in [1.54, 1.807) is 6.07 Å². The Morgan fingerprint density at radius 2 is 2.04 bits per heavy atom. The van der Waals surface area contributed by atoms with Gasteiger partial charge in [-0.3, -0.25) is 0 Å². The van der Waals surface area contributed by atoms with Gasteiger partial charge in [0.25, 0.3) is 0 Å². The number of imidazole rings is 1. The zero-order chi connectivity index (χ0) is 19.9. The fourth-order valence-corrected chi connectivity index (χ4v) is 4.09. The molecule has 3 aromatic rings. The predicted molar refractivity (Wildman–Crippen MR) is 112 cm³/mol. The maximum Gasteiger partial charge on any atom is 0.337 e. The zero-order valence-electron chi connectivity index (χ0n) is 16.2. The van der Waals surface area contributed by atoms with Crippen molar-refractivity contribution in [3.63, 3.8) is 0 Å². The summed E-state index contributed by atoms with van der Waals surface area (Å²) in [6.07, 6.45) is 0.710. The first-order chi connectivity index (χ1) is 13.4. The number of hydrogen-bond donors (Lipinski definition) is 0. The number of ether oxygens (including phenoxy) is 2. The topological polar surface area (TPSA) is 53.3 Å². The average molecular weight is 443 g/mol. The van der Waals surface area contributed by atoms with Crippen LogP contribution in [0.25, 0.3) is 11.0 Å². The highest BCUT2D eigenvalue weighted by molar-refractivity contribution is 9.10. The maximum absolute atomic E-state index is 12.1. The lowest BCUT2D eigenvalue weighted by Crippen LogP contribution is -2.27. The lowest BCUT2D eigenvalue weighted by molar-refractivity contribution is 0.0601. The Kier molecular flexibility index (Phi) is 5.02. The molecule has 1 aromatic heterocycles. The van der Waals surface area contributed by atoms with Gasteiger partial charge in [-0.05, 0) is 35.9 Å². The third kappa shape index (κ3) is 3.47. The summed E-state index contributed by atoms with van der Waals surface area (Å²) in [5.41, 5.74) is 3.51. The van der Waals surface area contributed by atoms with Crippen LogP contribution < -0.4 is 0 Å². The van der Waals surface area contributed by atoms with Crippen LogP contribution in [-0.4, -0.2) is 35.8 Å². The van der Waals surface area contributed by atoms with Gasteiger partial charge in [0.15, 0.2) is 0 Å². The smallest absolute Gasteiger partial charge is 0.337 e. The molecule has 2 aromatic carbocycles. The highest BCUT2D eigenvalue weighted by Gasteiger charge is 2.39. The largest absolute Gasteiger partial charge is 0.465 e. The number of halogens is 1. The van der Waals surface area contributed by atoms with Crippen LogP contribution in [-0.2, 0) is 15.9 Å². The van der Waals surface area contributed by atoms with Crippen LogP contribution in [0.5, 0.6) is 0 Å². The van der Waals surface area contributed by atoms with E-state index in [0.29, 0.717) is 25.2 Å². The average Bonchev–Trinajstić information content (AvgIpc) is 3.20. The van der Waals surface area contributed by atoms with Crippen LogP contribution in [0.4, 0.5) is 0 Å². The number of carbonyl (C=O) groups is 1. The lowest BCUT2D eigenvalue weighted by atomic mass is 9.87. The molecule has 28 heavy (non-hydrogen) atoms. The SMILES string of the molecule is COC(=O)c1ccc2nc(Cc3ccc(Br)cc3)n([C@@H]3COCC3(C)C)c2c1. The quantitative estimate of drug-likeness (QED) is 0.545. The van der Waals surface area contributed by atoms with E-state index >= 15 is 0 Å². The summed E-state index contributed by atoms with van der Waals surface area (Å²) in [6, 6.07) is 14.0. The molecule has 0 saturated carbocycles. The molecule has 1 fully saturated rings. The van der Waals surface area contributed by atoms with E-state index in [1.165, 1.54) is 12.7 Å². The van der Waals surface area contributed by atoms with Gasteiger partial charge < -0.3 is 14.0 Å². The Morgan fingerprint density at radius 3 is 2.68 bits per heavy atom. The van der Waals surface area contributed by atoms with Crippen LogP contribution >= 0.6 is 15.9 Å². The number of carbonyl (C=O) groups excluding carboxylic acids is 1. The molecule has 0 spiro atoms. The molecule has 4 rings (SSSR count). The summed E-state index contributed by atoms with van der Waals surface area (Å²) >= 11 is 3.49. The number of benzene rings is 2. The monoisotopic (exact) mass is 442 g/mol. The second kappa shape index (κ2) is 7.33. The molecule has 0 bridgehead atoms. The van der Waals surface area contributed by atoms with Gasteiger partial charge in [-0.15, -0.1) is 0 Å². The van der Waals surface area contributed by atoms with Gasteiger partial charge in [-0.1, -0.05) is 41.9 Å². The molecule has 146 valence electrons. The molecule has 2 heterocycles. The summed E-state index contributed by atoms with van der Waals surface area (Å²) in [5.74, 6) is 0.633. The van der Waals surface area contributed by atoms with Gasteiger partial charge in [0.2, 0.25) is 0 Å². The molecule has 0 amide bonds. The van der Waals surface area contributed by atoms with E-state index in [-0.39, 0.29) is 17.4 Å². The van der Waals surface area contributed by atoms with Crippen LogP contribution in [0.3, 0.4) is 0 Å².